The maximum atomic E-state index is 13.4. The topological polar surface area (TPSA) is 49.3 Å². The molecule has 2 rings (SSSR count). The molecule has 1 aliphatic rings. The van der Waals surface area contributed by atoms with Crippen LogP contribution in [0, 0.1) is 23.0 Å². The van der Waals surface area contributed by atoms with E-state index in [9.17, 15) is 18.7 Å². The third-order valence-electron chi connectivity index (χ3n) is 3.81. The van der Waals surface area contributed by atoms with Crippen LogP contribution in [0.4, 0.5) is 8.78 Å². The van der Waals surface area contributed by atoms with Crippen molar-refractivity contribution in [2.24, 2.45) is 11.3 Å². The van der Waals surface area contributed by atoms with Gasteiger partial charge >= 0.3 is 0 Å². The van der Waals surface area contributed by atoms with E-state index in [2.05, 4.69) is 5.32 Å². The molecule has 1 saturated carbocycles. The highest BCUT2D eigenvalue weighted by atomic mass is 19.1. The van der Waals surface area contributed by atoms with Gasteiger partial charge in [0.05, 0.1) is 6.10 Å². The van der Waals surface area contributed by atoms with E-state index in [1.807, 2.05) is 13.8 Å². The predicted octanol–water partition coefficient (Wildman–Crippen LogP) is 2.03. The molecule has 20 heavy (non-hydrogen) atoms. The van der Waals surface area contributed by atoms with Gasteiger partial charge < -0.3 is 10.4 Å². The molecule has 1 fully saturated rings. The number of amides is 1. The average Bonchev–Trinajstić information content (AvgIpc) is 2.99. The van der Waals surface area contributed by atoms with E-state index in [4.69, 9.17) is 0 Å². The second-order valence-electron chi connectivity index (χ2n) is 6.08. The molecule has 0 radical (unpaired) electrons. The fraction of sp³-hybridized carbons (Fsp3) is 0.533. The van der Waals surface area contributed by atoms with Crippen molar-refractivity contribution in [2.75, 3.05) is 6.54 Å². The minimum absolute atomic E-state index is 0.00254. The van der Waals surface area contributed by atoms with Crippen molar-refractivity contribution in [1.82, 2.24) is 5.32 Å². The summed E-state index contributed by atoms with van der Waals surface area (Å²) in [5.41, 5.74) is 0.276. The summed E-state index contributed by atoms with van der Waals surface area (Å²) in [7, 11) is 0. The number of nitrogens with one attached hydrogen (secondary N) is 1. The van der Waals surface area contributed by atoms with Crippen molar-refractivity contribution in [2.45, 2.75) is 32.8 Å². The third kappa shape index (κ3) is 3.54. The molecule has 1 aromatic rings. The molecule has 3 nitrogen and oxygen atoms in total. The first-order valence-electron chi connectivity index (χ1n) is 6.69. The number of benzene rings is 1. The number of aliphatic hydroxyl groups excluding tert-OH is 1. The van der Waals surface area contributed by atoms with E-state index in [0.717, 1.165) is 18.6 Å². The van der Waals surface area contributed by atoms with Gasteiger partial charge in [0.2, 0.25) is 5.91 Å². The van der Waals surface area contributed by atoms with Gasteiger partial charge in [-0.1, -0.05) is 19.9 Å². The molecule has 1 aromatic carbocycles. The Kier molecular flexibility index (Phi) is 4.09. The lowest BCUT2D eigenvalue weighted by Crippen LogP contribution is -2.35. The first-order valence-corrected chi connectivity index (χ1v) is 6.69. The minimum Gasteiger partial charge on any atom is -0.391 e. The molecule has 0 aromatic heterocycles. The Morgan fingerprint density at radius 2 is 2.15 bits per heavy atom. The molecular formula is C15H19F2NO2. The normalized spacial score (nSPS) is 21.4. The van der Waals surface area contributed by atoms with Gasteiger partial charge in [-0.25, -0.2) is 8.78 Å². The van der Waals surface area contributed by atoms with Gasteiger partial charge in [0, 0.05) is 24.9 Å². The smallest absolute Gasteiger partial charge is 0.223 e. The minimum atomic E-state index is -0.888. The third-order valence-corrected chi connectivity index (χ3v) is 3.81. The summed E-state index contributed by atoms with van der Waals surface area (Å²) in [6.07, 6.45) is 0.00267. The SMILES string of the molecule is CC1(C)C[C@@H]1C(=O)NCC(O)Cc1ccc(F)cc1F. The summed E-state index contributed by atoms with van der Waals surface area (Å²) in [6.45, 7) is 4.10. The van der Waals surface area contributed by atoms with E-state index in [1.54, 1.807) is 0 Å². The Morgan fingerprint density at radius 3 is 2.70 bits per heavy atom. The van der Waals surface area contributed by atoms with Crippen LogP contribution in [0.1, 0.15) is 25.8 Å². The Bertz CT molecular complexity index is 517. The predicted molar refractivity (Wildman–Crippen MR) is 71.0 cm³/mol. The van der Waals surface area contributed by atoms with E-state index in [1.165, 1.54) is 6.07 Å². The van der Waals surface area contributed by atoms with Crippen LogP contribution >= 0.6 is 0 Å². The zero-order valence-corrected chi connectivity index (χ0v) is 11.6. The van der Waals surface area contributed by atoms with E-state index < -0.39 is 17.7 Å². The molecule has 0 heterocycles. The fourth-order valence-electron chi connectivity index (χ4n) is 2.27. The van der Waals surface area contributed by atoms with Gasteiger partial charge in [0.25, 0.3) is 0 Å². The molecule has 0 aliphatic heterocycles. The number of aliphatic hydroxyl groups is 1. The largest absolute Gasteiger partial charge is 0.391 e. The van der Waals surface area contributed by atoms with Crippen molar-refractivity contribution < 1.29 is 18.7 Å². The van der Waals surface area contributed by atoms with Gasteiger partial charge in [-0.2, -0.15) is 0 Å². The van der Waals surface area contributed by atoms with Crippen LogP contribution in [-0.2, 0) is 11.2 Å². The summed E-state index contributed by atoms with van der Waals surface area (Å²) in [4.78, 5) is 11.7. The number of hydrogen-bond acceptors (Lipinski definition) is 2. The van der Waals surface area contributed by atoms with Gasteiger partial charge in [0.1, 0.15) is 11.6 Å². The monoisotopic (exact) mass is 283 g/mol. The Hall–Kier alpha value is -1.49. The Balaban J connectivity index is 1.81. The van der Waals surface area contributed by atoms with Crippen LogP contribution in [-0.4, -0.2) is 23.7 Å². The quantitative estimate of drug-likeness (QED) is 0.868. The molecule has 1 unspecified atom stereocenters. The molecule has 2 N–H and O–H groups in total. The van der Waals surface area contributed by atoms with Crippen molar-refractivity contribution in [3.8, 4) is 0 Å². The van der Waals surface area contributed by atoms with Gasteiger partial charge in [-0.05, 0) is 23.5 Å². The second kappa shape index (κ2) is 5.48. The number of carbonyl (C=O) groups excluding carboxylic acids is 1. The lowest BCUT2D eigenvalue weighted by Gasteiger charge is -2.13. The molecule has 2 atom stereocenters. The Morgan fingerprint density at radius 1 is 1.50 bits per heavy atom. The van der Waals surface area contributed by atoms with Crippen LogP contribution in [0.2, 0.25) is 0 Å². The van der Waals surface area contributed by atoms with E-state index in [-0.39, 0.29) is 35.8 Å². The maximum Gasteiger partial charge on any atom is 0.223 e. The second-order valence-corrected chi connectivity index (χ2v) is 6.08. The highest BCUT2D eigenvalue weighted by Gasteiger charge is 2.50. The maximum absolute atomic E-state index is 13.4. The Labute approximate surface area is 117 Å². The van der Waals surface area contributed by atoms with Crippen LogP contribution in [0.3, 0.4) is 0 Å². The molecule has 0 spiro atoms. The molecule has 1 aliphatic carbocycles. The zero-order valence-electron chi connectivity index (χ0n) is 11.6. The van der Waals surface area contributed by atoms with Crippen molar-refractivity contribution >= 4 is 5.91 Å². The van der Waals surface area contributed by atoms with E-state index in [0.29, 0.717) is 0 Å². The average molecular weight is 283 g/mol. The summed E-state index contributed by atoms with van der Waals surface area (Å²) < 4.78 is 26.2. The van der Waals surface area contributed by atoms with Crippen molar-refractivity contribution in [3.05, 3.63) is 35.4 Å². The van der Waals surface area contributed by atoms with Gasteiger partial charge in [-0.3, -0.25) is 4.79 Å². The molecule has 5 heteroatoms. The lowest BCUT2D eigenvalue weighted by molar-refractivity contribution is -0.123. The molecular weight excluding hydrogens is 264 g/mol. The number of carbonyl (C=O) groups is 1. The van der Waals surface area contributed by atoms with Crippen LogP contribution in [0.5, 0.6) is 0 Å². The van der Waals surface area contributed by atoms with E-state index >= 15 is 0 Å². The molecule has 1 amide bonds. The number of rotatable bonds is 5. The standard InChI is InChI=1S/C15H19F2NO2/c1-15(2)7-12(15)14(20)18-8-11(19)5-9-3-4-10(16)6-13(9)17/h3-4,6,11-12,19H,5,7-8H2,1-2H3,(H,18,20)/t11?,12-/m1/s1. The number of halogens is 2. The van der Waals surface area contributed by atoms with Gasteiger partial charge in [-0.15, -0.1) is 0 Å². The fourth-order valence-corrected chi connectivity index (χ4v) is 2.27. The summed E-state index contributed by atoms with van der Waals surface area (Å²) in [5.74, 6) is -1.41. The van der Waals surface area contributed by atoms with Crippen LogP contribution in [0.15, 0.2) is 18.2 Å². The summed E-state index contributed by atoms with van der Waals surface area (Å²) >= 11 is 0. The van der Waals surface area contributed by atoms with Crippen molar-refractivity contribution in [1.29, 1.82) is 0 Å². The summed E-state index contributed by atoms with van der Waals surface area (Å²) in [6, 6.07) is 3.24. The van der Waals surface area contributed by atoms with Crippen molar-refractivity contribution in [3.63, 3.8) is 0 Å². The lowest BCUT2D eigenvalue weighted by atomic mass is 10.1. The highest BCUT2D eigenvalue weighted by Crippen LogP contribution is 2.51. The van der Waals surface area contributed by atoms with Crippen LogP contribution in [0.25, 0.3) is 0 Å². The number of hydrogen-bond donors (Lipinski definition) is 2. The summed E-state index contributed by atoms with van der Waals surface area (Å²) in [5, 5.41) is 12.5. The molecule has 0 saturated heterocycles. The first-order chi connectivity index (χ1) is 9.29. The first kappa shape index (κ1) is 14.9. The molecule has 0 bridgehead atoms. The van der Waals surface area contributed by atoms with Crippen LogP contribution < -0.4 is 5.32 Å². The molecule has 110 valence electrons. The highest BCUT2D eigenvalue weighted by molar-refractivity contribution is 5.82. The zero-order chi connectivity index (χ0) is 14.9. The van der Waals surface area contributed by atoms with Gasteiger partial charge in [0.15, 0.2) is 0 Å².